The highest BCUT2D eigenvalue weighted by Crippen LogP contribution is 2.28. The fraction of sp³-hybridized carbons (Fsp3) is 0.250. The van der Waals surface area contributed by atoms with E-state index in [0.29, 0.717) is 15.7 Å². The number of carbonyl (C=O) groups is 2. The van der Waals surface area contributed by atoms with Crippen molar-refractivity contribution in [3.05, 3.63) is 23.2 Å². The molecule has 3 N–H and O–H groups in total. The molecule has 0 atom stereocenters. The van der Waals surface area contributed by atoms with E-state index in [1.165, 1.54) is 25.2 Å². The van der Waals surface area contributed by atoms with Crippen molar-refractivity contribution in [1.82, 2.24) is 10.3 Å². The first kappa shape index (κ1) is 14.5. The average molecular weight is 314 g/mol. The van der Waals surface area contributed by atoms with E-state index in [-0.39, 0.29) is 0 Å². The van der Waals surface area contributed by atoms with Crippen molar-refractivity contribution in [2.75, 3.05) is 5.32 Å². The van der Waals surface area contributed by atoms with Crippen LogP contribution in [0.5, 0.6) is 0 Å². The van der Waals surface area contributed by atoms with Crippen LogP contribution in [0.1, 0.15) is 13.8 Å². The molecule has 0 radical (unpaired) electrons. The summed E-state index contributed by atoms with van der Waals surface area (Å²) in [7, 11) is 0. The molecule has 0 aliphatic heterocycles. The van der Waals surface area contributed by atoms with Crippen molar-refractivity contribution in [2.45, 2.75) is 19.4 Å². The van der Waals surface area contributed by atoms with Gasteiger partial charge >= 0.3 is 12.0 Å². The molecule has 1 heterocycles. The molecule has 8 heteroatoms. The quantitative estimate of drug-likeness (QED) is 0.812. The van der Waals surface area contributed by atoms with Crippen molar-refractivity contribution >= 4 is 50.3 Å². The molecule has 0 spiro atoms. The minimum atomic E-state index is -1.36. The van der Waals surface area contributed by atoms with Crippen LogP contribution in [-0.2, 0) is 4.79 Å². The van der Waals surface area contributed by atoms with E-state index in [9.17, 15) is 9.59 Å². The smallest absolute Gasteiger partial charge is 0.328 e. The van der Waals surface area contributed by atoms with Crippen LogP contribution in [0.15, 0.2) is 18.2 Å². The number of aliphatic carboxylic acids is 1. The Bertz CT molecular complexity index is 684. The normalized spacial score (nSPS) is 11.3. The zero-order valence-electron chi connectivity index (χ0n) is 10.7. The summed E-state index contributed by atoms with van der Waals surface area (Å²) in [6.07, 6.45) is 0. The molecule has 0 unspecified atom stereocenters. The van der Waals surface area contributed by atoms with Crippen LogP contribution in [-0.4, -0.2) is 27.6 Å². The van der Waals surface area contributed by atoms with Gasteiger partial charge in [0.25, 0.3) is 0 Å². The molecular formula is C12H12ClN3O3S. The summed E-state index contributed by atoms with van der Waals surface area (Å²) in [5.41, 5.74) is -0.642. The molecule has 0 aliphatic rings. The van der Waals surface area contributed by atoms with Gasteiger partial charge in [-0.15, -0.1) is 0 Å². The predicted molar refractivity (Wildman–Crippen MR) is 78.5 cm³/mol. The Morgan fingerprint density at radius 3 is 2.75 bits per heavy atom. The van der Waals surface area contributed by atoms with Gasteiger partial charge in [0.2, 0.25) is 0 Å². The summed E-state index contributed by atoms with van der Waals surface area (Å²) in [5, 5.41) is 14.8. The Morgan fingerprint density at radius 1 is 1.40 bits per heavy atom. The first-order valence-electron chi connectivity index (χ1n) is 5.66. The summed E-state index contributed by atoms with van der Waals surface area (Å²) in [4.78, 5) is 26.9. The number of hydrogen-bond acceptors (Lipinski definition) is 4. The van der Waals surface area contributed by atoms with Crippen LogP contribution in [0.2, 0.25) is 5.02 Å². The van der Waals surface area contributed by atoms with Gasteiger partial charge in [0.1, 0.15) is 5.54 Å². The topological polar surface area (TPSA) is 91.3 Å². The number of urea groups is 1. The second-order valence-electron chi connectivity index (χ2n) is 4.64. The lowest BCUT2D eigenvalue weighted by molar-refractivity contribution is -0.142. The highest BCUT2D eigenvalue weighted by Gasteiger charge is 2.29. The van der Waals surface area contributed by atoms with Crippen molar-refractivity contribution in [2.24, 2.45) is 0 Å². The molecule has 6 nitrogen and oxygen atoms in total. The van der Waals surface area contributed by atoms with Crippen LogP contribution in [0, 0.1) is 0 Å². The van der Waals surface area contributed by atoms with Gasteiger partial charge in [-0.05, 0) is 32.0 Å². The first-order chi connectivity index (χ1) is 9.28. The lowest BCUT2D eigenvalue weighted by Gasteiger charge is -2.20. The number of fused-ring (bicyclic) bond motifs is 1. The van der Waals surface area contributed by atoms with Crippen LogP contribution >= 0.6 is 22.9 Å². The lowest BCUT2D eigenvalue weighted by atomic mass is 10.1. The number of benzene rings is 1. The maximum Gasteiger partial charge on any atom is 0.328 e. The number of halogens is 1. The maximum atomic E-state index is 11.7. The monoisotopic (exact) mass is 313 g/mol. The predicted octanol–water partition coefficient (Wildman–Crippen LogP) is 2.93. The van der Waals surface area contributed by atoms with Crippen molar-refractivity contribution in [3.63, 3.8) is 0 Å². The third kappa shape index (κ3) is 3.17. The fourth-order valence-electron chi connectivity index (χ4n) is 1.42. The van der Waals surface area contributed by atoms with E-state index in [1.807, 2.05) is 0 Å². The number of rotatable bonds is 3. The Morgan fingerprint density at radius 2 is 2.10 bits per heavy atom. The molecule has 106 valence electrons. The second-order valence-corrected chi connectivity index (χ2v) is 6.11. The molecule has 1 aromatic heterocycles. The lowest BCUT2D eigenvalue weighted by Crippen LogP contribution is -2.51. The number of carbonyl (C=O) groups excluding carboxylic acids is 1. The number of thiazole rings is 1. The Balaban J connectivity index is 2.12. The molecule has 20 heavy (non-hydrogen) atoms. The highest BCUT2D eigenvalue weighted by atomic mass is 35.5. The third-order valence-corrected chi connectivity index (χ3v) is 3.70. The minimum Gasteiger partial charge on any atom is -0.480 e. The van der Waals surface area contributed by atoms with Gasteiger partial charge in [-0.1, -0.05) is 22.9 Å². The van der Waals surface area contributed by atoms with E-state index in [4.69, 9.17) is 16.7 Å². The molecule has 0 fully saturated rings. The van der Waals surface area contributed by atoms with Crippen LogP contribution in [0.4, 0.5) is 9.93 Å². The minimum absolute atomic E-state index is 0.376. The van der Waals surface area contributed by atoms with E-state index in [2.05, 4.69) is 15.6 Å². The van der Waals surface area contributed by atoms with Gasteiger partial charge in [0, 0.05) is 5.02 Å². The van der Waals surface area contributed by atoms with Gasteiger partial charge < -0.3 is 10.4 Å². The largest absolute Gasteiger partial charge is 0.480 e. The number of aromatic nitrogens is 1. The molecule has 2 aromatic rings. The molecule has 2 amide bonds. The van der Waals surface area contributed by atoms with Gasteiger partial charge in [0.15, 0.2) is 5.13 Å². The molecule has 0 bridgehead atoms. The molecule has 2 rings (SSSR count). The molecule has 0 saturated carbocycles. The van der Waals surface area contributed by atoms with E-state index in [0.717, 1.165) is 4.70 Å². The first-order valence-corrected chi connectivity index (χ1v) is 6.86. The zero-order valence-corrected chi connectivity index (χ0v) is 12.3. The number of hydrogen-bond donors (Lipinski definition) is 3. The van der Waals surface area contributed by atoms with Crippen LogP contribution in [0.25, 0.3) is 10.2 Å². The fourth-order valence-corrected chi connectivity index (χ4v) is 2.55. The average Bonchev–Trinajstić information content (AvgIpc) is 2.68. The van der Waals surface area contributed by atoms with Gasteiger partial charge in [-0.3, -0.25) is 5.32 Å². The van der Waals surface area contributed by atoms with Gasteiger partial charge in [0.05, 0.1) is 10.2 Å². The number of amides is 2. The summed E-state index contributed by atoms with van der Waals surface area (Å²) < 4.78 is 0.838. The summed E-state index contributed by atoms with van der Waals surface area (Å²) in [6, 6.07) is 4.58. The standard InChI is InChI=1S/C12H12ClN3O3S/c1-12(2,9(17)18)16-10(19)15-11-14-7-4-3-6(13)5-8(7)20-11/h3-5H,1-2H3,(H,17,18)(H2,14,15,16,19). The zero-order chi connectivity index (χ0) is 14.9. The van der Waals surface area contributed by atoms with Gasteiger partial charge in [-0.2, -0.15) is 0 Å². The maximum absolute atomic E-state index is 11.7. The summed E-state index contributed by atoms with van der Waals surface area (Å²) >= 11 is 7.13. The number of anilines is 1. The molecule has 0 aliphatic carbocycles. The third-order valence-electron chi connectivity index (χ3n) is 2.53. The Kier molecular flexibility index (Phi) is 3.82. The number of nitrogens with zero attached hydrogens (tertiary/aromatic N) is 1. The van der Waals surface area contributed by atoms with E-state index in [1.54, 1.807) is 18.2 Å². The van der Waals surface area contributed by atoms with E-state index < -0.39 is 17.5 Å². The van der Waals surface area contributed by atoms with Crippen molar-refractivity contribution in [1.29, 1.82) is 0 Å². The number of nitrogens with one attached hydrogen (secondary N) is 2. The molecule has 1 aromatic carbocycles. The number of carboxylic acid groups (broad SMARTS) is 1. The van der Waals surface area contributed by atoms with Crippen molar-refractivity contribution in [3.8, 4) is 0 Å². The van der Waals surface area contributed by atoms with Crippen LogP contribution < -0.4 is 10.6 Å². The highest BCUT2D eigenvalue weighted by molar-refractivity contribution is 7.22. The SMILES string of the molecule is CC(C)(NC(=O)Nc1nc2ccc(Cl)cc2s1)C(=O)O. The van der Waals surface area contributed by atoms with Gasteiger partial charge in [-0.25, -0.2) is 14.6 Å². The Hall–Kier alpha value is -1.86. The molecule has 0 saturated heterocycles. The number of carboxylic acids is 1. The molecular weight excluding hydrogens is 302 g/mol. The summed E-state index contributed by atoms with van der Waals surface area (Å²) in [6.45, 7) is 2.79. The van der Waals surface area contributed by atoms with Crippen LogP contribution in [0.3, 0.4) is 0 Å². The van der Waals surface area contributed by atoms with E-state index >= 15 is 0 Å². The Labute approximate surface area is 123 Å². The second kappa shape index (κ2) is 5.26. The van der Waals surface area contributed by atoms with Crippen molar-refractivity contribution < 1.29 is 14.7 Å². The summed E-state index contributed by atoms with van der Waals surface area (Å²) in [5.74, 6) is -1.12.